The average Bonchev–Trinajstić information content (AvgIpc) is 2.56. The number of hydrogen-bond acceptors (Lipinski definition) is 4. The number of rotatable bonds is 5. The molecular formula is C16H19N3O3S. The first-order valence-corrected chi connectivity index (χ1v) is 8.13. The van der Waals surface area contributed by atoms with Crippen LogP contribution in [-0.2, 0) is 15.9 Å². The van der Waals surface area contributed by atoms with Crippen molar-refractivity contribution in [1.82, 2.24) is 5.32 Å². The Morgan fingerprint density at radius 2 is 1.91 bits per heavy atom. The predicted octanol–water partition coefficient (Wildman–Crippen LogP) is 2.55. The molecule has 2 aromatic carbocycles. The minimum absolute atomic E-state index is 0.388. The Morgan fingerprint density at radius 1 is 1.22 bits per heavy atom. The zero-order valence-electron chi connectivity index (χ0n) is 12.9. The number of benzene rings is 2. The van der Waals surface area contributed by atoms with E-state index >= 15 is 0 Å². The summed E-state index contributed by atoms with van der Waals surface area (Å²) in [6.07, 6.45) is -0.433. The van der Waals surface area contributed by atoms with Crippen molar-refractivity contribution in [2.45, 2.75) is 22.9 Å². The summed E-state index contributed by atoms with van der Waals surface area (Å²) in [5.41, 5.74) is 6.65. The number of ether oxygens (including phenoxy) is 1. The quantitative estimate of drug-likeness (QED) is 0.445. The molecule has 23 heavy (non-hydrogen) atoms. The third-order valence-corrected chi connectivity index (χ3v) is 4.51. The van der Waals surface area contributed by atoms with Crippen molar-refractivity contribution in [2.24, 2.45) is 0 Å². The number of carbonyl (C=O) groups is 1. The first-order valence-electron chi connectivity index (χ1n) is 6.98. The Hall–Kier alpha value is -2.22. The summed E-state index contributed by atoms with van der Waals surface area (Å²) >= 11 is -1.34. The van der Waals surface area contributed by atoms with Gasteiger partial charge in [-0.1, -0.05) is 18.2 Å². The second kappa shape index (κ2) is 7.87. The molecule has 0 bridgehead atoms. The molecule has 0 heterocycles. The molecule has 0 spiro atoms. The molecule has 6 nitrogen and oxygen atoms in total. The van der Waals surface area contributed by atoms with E-state index in [0.717, 1.165) is 0 Å². The minimum atomic E-state index is -1.34. The number of amides is 2. The highest BCUT2D eigenvalue weighted by Crippen LogP contribution is 2.27. The van der Waals surface area contributed by atoms with Crippen molar-refractivity contribution in [1.29, 1.82) is 0 Å². The van der Waals surface area contributed by atoms with E-state index in [-0.39, 0.29) is 0 Å². The lowest BCUT2D eigenvalue weighted by atomic mass is 10.3. The standard InChI is InChI=1S/C16H19N3O3S/c1-11(22-2)18-16(20)19-15-10-13(8-9-14(15)17)23(21)12-6-4-3-5-7-12/h3-11H,17H2,1-2H3,(H2,18,19,20). The van der Waals surface area contributed by atoms with Crippen LogP contribution >= 0.6 is 0 Å². The fraction of sp³-hybridized carbons (Fsp3) is 0.188. The number of nitrogen functional groups attached to an aromatic ring is 1. The van der Waals surface area contributed by atoms with Crippen LogP contribution in [0.1, 0.15) is 6.92 Å². The van der Waals surface area contributed by atoms with Gasteiger partial charge in [0.15, 0.2) is 9.79 Å². The van der Waals surface area contributed by atoms with E-state index in [0.29, 0.717) is 21.2 Å². The van der Waals surface area contributed by atoms with Crippen LogP contribution in [0.2, 0.25) is 0 Å². The van der Waals surface area contributed by atoms with Gasteiger partial charge in [0.1, 0.15) is 6.23 Å². The van der Waals surface area contributed by atoms with Crippen LogP contribution in [0, 0.1) is 0 Å². The van der Waals surface area contributed by atoms with E-state index in [4.69, 9.17) is 10.5 Å². The number of nitrogens with one attached hydrogen (secondary N) is 2. The van der Waals surface area contributed by atoms with Crippen LogP contribution in [0.3, 0.4) is 0 Å². The van der Waals surface area contributed by atoms with E-state index in [9.17, 15) is 9.35 Å². The number of hydrogen-bond donors (Lipinski definition) is 3. The summed E-state index contributed by atoms with van der Waals surface area (Å²) in [6.45, 7) is 1.70. The van der Waals surface area contributed by atoms with Gasteiger partial charge in [-0.2, -0.15) is 0 Å². The maximum absolute atomic E-state index is 12.5. The van der Waals surface area contributed by atoms with Gasteiger partial charge in [-0.25, -0.2) is 4.79 Å². The zero-order valence-corrected chi connectivity index (χ0v) is 13.7. The Bertz CT molecular complexity index is 667. The Balaban J connectivity index is 2.17. The Morgan fingerprint density at radius 3 is 2.57 bits per heavy atom. The molecule has 0 saturated heterocycles. The maximum Gasteiger partial charge on any atom is 0.321 e. The molecule has 0 aliphatic heterocycles. The van der Waals surface area contributed by atoms with Crippen LogP contribution < -0.4 is 16.4 Å². The van der Waals surface area contributed by atoms with Crippen LogP contribution in [0.4, 0.5) is 16.2 Å². The summed E-state index contributed by atoms with van der Waals surface area (Å²) in [6, 6.07) is 13.5. The summed E-state index contributed by atoms with van der Waals surface area (Å²) in [4.78, 5) is 13.1. The Labute approximate surface area is 138 Å². The van der Waals surface area contributed by atoms with Gasteiger partial charge >= 0.3 is 6.03 Å². The van der Waals surface area contributed by atoms with Gasteiger partial charge in [0.25, 0.3) is 0 Å². The van der Waals surface area contributed by atoms with Crippen LogP contribution in [0.15, 0.2) is 58.3 Å². The largest absolute Gasteiger partial charge is 0.606 e. The third kappa shape index (κ3) is 4.62. The zero-order chi connectivity index (χ0) is 16.8. The fourth-order valence-corrected chi connectivity index (χ4v) is 2.93. The molecule has 2 rings (SSSR count). The van der Waals surface area contributed by atoms with Crippen LogP contribution in [-0.4, -0.2) is 23.9 Å². The number of nitrogens with two attached hydrogens (primary N) is 1. The highest BCUT2D eigenvalue weighted by atomic mass is 32.2. The van der Waals surface area contributed by atoms with Crippen LogP contribution in [0.5, 0.6) is 0 Å². The maximum atomic E-state index is 12.5. The fourth-order valence-electron chi connectivity index (χ4n) is 1.84. The van der Waals surface area contributed by atoms with Crippen molar-refractivity contribution in [3.05, 3.63) is 48.5 Å². The molecule has 122 valence electrons. The smallest absolute Gasteiger partial charge is 0.321 e. The van der Waals surface area contributed by atoms with Crippen molar-refractivity contribution < 1.29 is 14.1 Å². The molecule has 0 aliphatic carbocycles. The molecule has 4 N–H and O–H groups in total. The number of methoxy groups -OCH3 is 1. The van der Waals surface area contributed by atoms with Gasteiger partial charge in [0, 0.05) is 24.4 Å². The lowest BCUT2D eigenvalue weighted by Crippen LogP contribution is -2.37. The highest BCUT2D eigenvalue weighted by Gasteiger charge is 2.17. The molecule has 0 aliphatic rings. The topological polar surface area (TPSA) is 99.4 Å². The summed E-state index contributed by atoms with van der Waals surface area (Å²) in [5.74, 6) is 0. The molecular weight excluding hydrogens is 314 g/mol. The lowest BCUT2D eigenvalue weighted by Gasteiger charge is -2.15. The van der Waals surface area contributed by atoms with Crippen molar-refractivity contribution in [3.63, 3.8) is 0 Å². The summed E-state index contributed by atoms with van der Waals surface area (Å²) < 4.78 is 17.5. The van der Waals surface area contributed by atoms with Crippen molar-refractivity contribution in [3.8, 4) is 0 Å². The van der Waals surface area contributed by atoms with E-state index in [1.807, 2.05) is 18.2 Å². The van der Waals surface area contributed by atoms with Gasteiger partial charge in [-0.05, 0) is 31.2 Å². The molecule has 2 atom stereocenters. The second-order valence-corrected chi connectivity index (χ2v) is 6.29. The average molecular weight is 333 g/mol. The van der Waals surface area contributed by atoms with Crippen LogP contribution in [0.25, 0.3) is 0 Å². The monoisotopic (exact) mass is 333 g/mol. The highest BCUT2D eigenvalue weighted by molar-refractivity contribution is 7.91. The molecule has 2 aromatic rings. The number of anilines is 2. The number of carbonyl (C=O) groups excluding carboxylic acids is 1. The summed E-state index contributed by atoms with van der Waals surface area (Å²) in [7, 11) is 1.49. The number of urea groups is 1. The van der Waals surface area contributed by atoms with E-state index in [2.05, 4.69) is 10.6 Å². The lowest BCUT2D eigenvalue weighted by molar-refractivity contribution is 0.0984. The first-order chi connectivity index (χ1) is 11.0. The van der Waals surface area contributed by atoms with Gasteiger partial charge in [-0.15, -0.1) is 0 Å². The van der Waals surface area contributed by atoms with Gasteiger partial charge in [0.2, 0.25) is 0 Å². The van der Waals surface area contributed by atoms with Crippen molar-refractivity contribution in [2.75, 3.05) is 18.2 Å². The van der Waals surface area contributed by atoms with Crippen molar-refractivity contribution >= 4 is 28.6 Å². The minimum Gasteiger partial charge on any atom is -0.606 e. The van der Waals surface area contributed by atoms with E-state index < -0.39 is 23.4 Å². The second-order valence-electron chi connectivity index (χ2n) is 4.81. The predicted molar refractivity (Wildman–Crippen MR) is 90.6 cm³/mol. The molecule has 0 fully saturated rings. The van der Waals surface area contributed by atoms with Gasteiger partial charge in [-0.3, -0.25) is 0 Å². The van der Waals surface area contributed by atoms with Gasteiger partial charge in [0.05, 0.1) is 11.4 Å². The molecule has 0 radical (unpaired) electrons. The molecule has 7 heteroatoms. The molecule has 0 aromatic heterocycles. The first kappa shape index (κ1) is 17.1. The SMILES string of the molecule is COC(C)NC(=O)Nc1cc([S+]([O-])c2ccccc2)ccc1N. The normalized spacial score (nSPS) is 13.2. The third-order valence-electron chi connectivity index (χ3n) is 3.13. The molecule has 0 saturated carbocycles. The van der Waals surface area contributed by atoms with E-state index in [1.165, 1.54) is 7.11 Å². The summed E-state index contributed by atoms with van der Waals surface area (Å²) in [5, 5.41) is 5.21. The van der Waals surface area contributed by atoms with E-state index in [1.54, 1.807) is 37.3 Å². The Kier molecular flexibility index (Phi) is 5.86. The molecule has 2 unspecified atom stereocenters. The molecule has 2 amide bonds. The van der Waals surface area contributed by atoms with Gasteiger partial charge < -0.3 is 25.7 Å².